The lowest BCUT2D eigenvalue weighted by atomic mass is 10.9. The summed E-state index contributed by atoms with van der Waals surface area (Å²) in [6.07, 6.45) is 0. The molecule has 0 fully saturated rings. The summed E-state index contributed by atoms with van der Waals surface area (Å²) in [4.78, 5) is 11.3. The van der Waals surface area contributed by atoms with Crippen LogP contribution < -0.4 is 14.2 Å². The maximum absolute atomic E-state index is 4.78. The monoisotopic (exact) mass is 201 g/mol. The van der Waals surface area contributed by atoms with E-state index in [1.54, 1.807) is 0 Å². The van der Waals surface area contributed by atoms with E-state index in [0.717, 1.165) is 0 Å². The average Bonchev–Trinajstić information content (AvgIpc) is 2.30. The van der Waals surface area contributed by atoms with Crippen LogP contribution >= 0.6 is 0 Å². The summed E-state index contributed by atoms with van der Waals surface area (Å²) < 4.78 is 14.3. The predicted molar refractivity (Wildman–Crippen MR) is 50.8 cm³/mol. The molecule has 1 aromatic rings. The first-order valence-corrected chi connectivity index (χ1v) is 4.18. The number of methoxy groups -OCH3 is 3. The summed E-state index contributed by atoms with van der Waals surface area (Å²) in [7, 11) is 4.36. The lowest BCUT2D eigenvalue weighted by molar-refractivity contribution is 0.307. The van der Waals surface area contributed by atoms with Crippen molar-refractivity contribution in [2.45, 2.75) is 13.8 Å². The van der Waals surface area contributed by atoms with Crippen LogP contribution in [0.5, 0.6) is 18.0 Å². The van der Waals surface area contributed by atoms with Gasteiger partial charge >= 0.3 is 18.0 Å². The van der Waals surface area contributed by atoms with Gasteiger partial charge in [0.05, 0.1) is 21.3 Å². The predicted octanol–water partition coefficient (Wildman–Crippen LogP) is 0.924. The van der Waals surface area contributed by atoms with Crippen molar-refractivity contribution in [1.82, 2.24) is 15.0 Å². The van der Waals surface area contributed by atoms with Crippen LogP contribution in [-0.2, 0) is 0 Å². The number of hydrogen-bond donors (Lipinski definition) is 0. The van der Waals surface area contributed by atoms with Gasteiger partial charge in [0.25, 0.3) is 0 Å². The van der Waals surface area contributed by atoms with Crippen molar-refractivity contribution in [1.29, 1.82) is 0 Å². The molecule has 0 atom stereocenters. The standard InChI is InChI=1S/C6H9N3O3.C2H6/c1-10-4-7-5(11-2)9-6(8-4)12-3;1-2/h1-3H3;1-2H3. The zero-order valence-corrected chi connectivity index (χ0v) is 9.07. The van der Waals surface area contributed by atoms with E-state index in [0.29, 0.717) is 0 Å². The maximum Gasteiger partial charge on any atom is 0.325 e. The van der Waals surface area contributed by atoms with Crippen LogP contribution in [0.2, 0.25) is 0 Å². The quantitative estimate of drug-likeness (QED) is 0.724. The molecule has 80 valence electrons. The van der Waals surface area contributed by atoms with Gasteiger partial charge in [-0.05, 0) is 0 Å². The summed E-state index contributed by atoms with van der Waals surface area (Å²) in [6.45, 7) is 4.00. The molecule has 14 heavy (non-hydrogen) atoms. The molecule has 0 saturated heterocycles. The molecular weight excluding hydrogens is 186 g/mol. The highest BCUT2D eigenvalue weighted by atomic mass is 16.5. The minimum Gasteiger partial charge on any atom is -0.467 e. The number of hydrogen-bond acceptors (Lipinski definition) is 6. The second-order valence-electron chi connectivity index (χ2n) is 1.80. The van der Waals surface area contributed by atoms with Crippen molar-refractivity contribution < 1.29 is 14.2 Å². The summed E-state index contributed by atoms with van der Waals surface area (Å²) >= 11 is 0. The molecule has 0 amide bonds. The van der Waals surface area contributed by atoms with E-state index in [1.807, 2.05) is 13.8 Å². The van der Waals surface area contributed by atoms with Crippen LogP contribution in [0.3, 0.4) is 0 Å². The normalized spacial score (nSPS) is 8.36. The van der Waals surface area contributed by atoms with Gasteiger partial charge in [-0.15, -0.1) is 15.0 Å². The van der Waals surface area contributed by atoms with E-state index in [2.05, 4.69) is 15.0 Å². The van der Waals surface area contributed by atoms with Gasteiger partial charge in [0.15, 0.2) is 0 Å². The molecule has 1 aromatic heterocycles. The first-order valence-electron chi connectivity index (χ1n) is 4.18. The van der Waals surface area contributed by atoms with Crippen molar-refractivity contribution >= 4 is 0 Å². The van der Waals surface area contributed by atoms with Crippen LogP contribution in [0.25, 0.3) is 0 Å². The average molecular weight is 201 g/mol. The Morgan fingerprint density at radius 1 is 0.643 bits per heavy atom. The van der Waals surface area contributed by atoms with Crippen LogP contribution in [0.1, 0.15) is 13.8 Å². The third-order valence-electron chi connectivity index (χ3n) is 1.12. The fraction of sp³-hybridized carbons (Fsp3) is 0.625. The van der Waals surface area contributed by atoms with Crippen molar-refractivity contribution in [3.8, 4) is 18.0 Å². The Morgan fingerprint density at radius 3 is 1.00 bits per heavy atom. The Bertz CT molecular complexity index is 213. The lowest BCUT2D eigenvalue weighted by Crippen LogP contribution is -2.01. The molecule has 6 heteroatoms. The zero-order valence-electron chi connectivity index (χ0n) is 9.07. The van der Waals surface area contributed by atoms with Crippen molar-refractivity contribution in [3.63, 3.8) is 0 Å². The highest BCUT2D eigenvalue weighted by molar-refractivity contribution is 5.08. The molecule has 0 aliphatic rings. The Balaban J connectivity index is 0.000000791. The fourth-order valence-electron chi connectivity index (χ4n) is 0.594. The molecule has 0 aliphatic heterocycles. The van der Waals surface area contributed by atoms with Gasteiger partial charge < -0.3 is 14.2 Å². The van der Waals surface area contributed by atoms with E-state index < -0.39 is 0 Å². The molecule has 0 unspecified atom stereocenters. The molecular formula is C8H15N3O3. The second-order valence-corrected chi connectivity index (χ2v) is 1.80. The van der Waals surface area contributed by atoms with Gasteiger partial charge in [-0.2, -0.15) is 0 Å². The molecule has 0 radical (unpaired) electrons. The smallest absolute Gasteiger partial charge is 0.325 e. The van der Waals surface area contributed by atoms with E-state index in [-0.39, 0.29) is 18.0 Å². The largest absolute Gasteiger partial charge is 0.467 e. The molecule has 0 aliphatic carbocycles. The highest BCUT2D eigenvalue weighted by Gasteiger charge is 2.05. The fourth-order valence-corrected chi connectivity index (χ4v) is 0.594. The summed E-state index contributed by atoms with van der Waals surface area (Å²) in [5, 5.41) is 0. The van der Waals surface area contributed by atoms with Crippen molar-refractivity contribution in [2.24, 2.45) is 0 Å². The minimum absolute atomic E-state index is 0.165. The Morgan fingerprint density at radius 2 is 0.857 bits per heavy atom. The first kappa shape index (κ1) is 12.4. The number of rotatable bonds is 3. The van der Waals surface area contributed by atoms with Gasteiger partial charge in [0, 0.05) is 0 Å². The third kappa shape index (κ3) is 3.42. The molecule has 0 aromatic carbocycles. The molecule has 1 rings (SSSR count). The topological polar surface area (TPSA) is 66.4 Å². The van der Waals surface area contributed by atoms with Gasteiger partial charge in [-0.1, -0.05) is 13.8 Å². The molecule has 0 bridgehead atoms. The van der Waals surface area contributed by atoms with Gasteiger partial charge in [0.2, 0.25) is 0 Å². The van der Waals surface area contributed by atoms with Gasteiger partial charge in [-0.3, -0.25) is 0 Å². The number of aromatic nitrogens is 3. The molecule has 6 nitrogen and oxygen atoms in total. The Kier molecular flexibility index (Phi) is 6.09. The first-order chi connectivity index (χ1) is 6.80. The number of nitrogens with zero attached hydrogens (tertiary/aromatic N) is 3. The Labute approximate surface area is 83.3 Å². The molecule has 0 saturated carbocycles. The van der Waals surface area contributed by atoms with E-state index in [9.17, 15) is 0 Å². The van der Waals surface area contributed by atoms with Crippen molar-refractivity contribution in [3.05, 3.63) is 0 Å². The minimum atomic E-state index is 0.165. The van der Waals surface area contributed by atoms with Crippen LogP contribution in [0.4, 0.5) is 0 Å². The number of ether oxygens (including phenoxy) is 3. The van der Waals surface area contributed by atoms with Crippen LogP contribution in [-0.4, -0.2) is 36.3 Å². The van der Waals surface area contributed by atoms with Crippen molar-refractivity contribution in [2.75, 3.05) is 21.3 Å². The summed E-state index contributed by atoms with van der Waals surface area (Å²) in [6, 6.07) is 0.496. The lowest BCUT2D eigenvalue weighted by Gasteiger charge is -2.02. The molecule has 1 heterocycles. The summed E-state index contributed by atoms with van der Waals surface area (Å²) in [5.41, 5.74) is 0. The third-order valence-corrected chi connectivity index (χ3v) is 1.12. The van der Waals surface area contributed by atoms with E-state index in [1.165, 1.54) is 21.3 Å². The molecule has 0 spiro atoms. The summed E-state index contributed by atoms with van der Waals surface area (Å²) in [5.74, 6) is 0. The molecule has 0 N–H and O–H groups in total. The highest BCUT2D eigenvalue weighted by Crippen LogP contribution is 2.12. The van der Waals surface area contributed by atoms with Crippen LogP contribution in [0, 0.1) is 0 Å². The SMILES string of the molecule is CC.COc1nc(OC)nc(OC)n1. The van der Waals surface area contributed by atoms with Gasteiger partial charge in [0.1, 0.15) is 0 Å². The van der Waals surface area contributed by atoms with Gasteiger partial charge in [-0.25, -0.2) is 0 Å². The maximum atomic E-state index is 4.78. The van der Waals surface area contributed by atoms with E-state index >= 15 is 0 Å². The Hall–Kier alpha value is -1.59. The second kappa shape index (κ2) is 6.88. The van der Waals surface area contributed by atoms with Crippen LogP contribution in [0.15, 0.2) is 0 Å². The van der Waals surface area contributed by atoms with E-state index in [4.69, 9.17) is 14.2 Å². The zero-order chi connectivity index (χ0) is 11.0.